The van der Waals surface area contributed by atoms with Crippen LogP contribution in [0.4, 0.5) is 5.69 Å². The minimum absolute atomic E-state index is 0.00458. The first kappa shape index (κ1) is 22.9. The second-order valence-electron chi connectivity index (χ2n) is 8.38. The summed E-state index contributed by atoms with van der Waals surface area (Å²) >= 11 is 0. The first-order chi connectivity index (χ1) is 15.8. The Morgan fingerprint density at radius 1 is 1.00 bits per heavy atom. The smallest absolute Gasteiger partial charge is 0.261 e. The summed E-state index contributed by atoms with van der Waals surface area (Å²) in [5.74, 6) is 0.226. The fourth-order valence-electron chi connectivity index (χ4n) is 4.02. The topological polar surface area (TPSA) is 84.5 Å². The molecule has 1 aliphatic carbocycles. The maximum atomic E-state index is 12.7. The molecule has 0 unspecified atom stereocenters. The fraction of sp³-hybridized carbons (Fsp3) is 0.269. The minimum atomic E-state index is -3.72. The molecule has 0 aliphatic heterocycles. The van der Waals surface area contributed by atoms with E-state index in [2.05, 4.69) is 22.2 Å². The number of carbonyl (C=O) groups is 1. The van der Waals surface area contributed by atoms with Crippen molar-refractivity contribution >= 4 is 21.6 Å². The number of hydrogen-bond acceptors (Lipinski definition) is 4. The highest BCUT2D eigenvalue weighted by Gasteiger charge is 2.21. The Labute approximate surface area is 195 Å². The minimum Gasteiger partial charge on any atom is -0.484 e. The molecule has 4 rings (SSSR count). The maximum absolute atomic E-state index is 12.7. The molecule has 0 saturated heterocycles. The molecule has 172 valence electrons. The van der Waals surface area contributed by atoms with Crippen molar-refractivity contribution in [2.45, 2.75) is 44.0 Å². The summed E-state index contributed by atoms with van der Waals surface area (Å²) in [7, 11) is -3.72. The quantitative estimate of drug-likeness (QED) is 0.532. The third-order valence-electron chi connectivity index (χ3n) is 5.97. The highest BCUT2D eigenvalue weighted by molar-refractivity contribution is 7.92. The molecule has 1 atom stereocenters. The van der Waals surface area contributed by atoms with Crippen LogP contribution in [-0.4, -0.2) is 20.9 Å². The predicted molar refractivity (Wildman–Crippen MR) is 129 cm³/mol. The van der Waals surface area contributed by atoms with Crippen LogP contribution >= 0.6 is 0 Å². The van der Waals surface area contributed by atoms with Gasteiger partial charge in [-0.3, -0.25) is 9.52 Å². The molecule has 0 fully saturated rings. The number of sulfonamides is 1. The molecular weight excluding hydrogens is 436 g/mol. The standard InChI is InChI=1S/C26H28N2O4S/c1-18-10-11-21(16-19(18)2)28-33(30,31)23-14-12-22(13-15-23)32-17-26(29)27-25-9-5-7-20-6-3-4-8-24(20)25/h3-4,6,8,10-16,25,28H,5,7,9,17H2,1-2H3,(H,27,29)/t25-/m0/s1. The van der Waals surface area contributed by atoms with Crippen molar-refractivity contribution in [1.82, 2.24) is 5.32 Å². The van der Waals surface area contributed by atoms with Gasteiger partial charge in [-0.1, -0.05) is 30.3 Å². The number of rotatable bonds is 7. The Morgan fingerprint density at radius 2 is 1.76 bits per heavy atom. The van der Waals surface area contributed by atoms with Crippen LogP contribution in [0.5, 0.6) is 5.75 Å². The van der Waals surface area contributed by atoms with Crippen LogP contribution in [-0.2, 0) is 21.2 Å². The zero-order valence-electron chi connectivity index (χ0n) is 18.8. The van der Waals surface area contributed by atoms with Crippen molar-refractivity contribution in [3.8, 4) is 5.75 Å². The van der Waals surface area contributed by atoms with Crippen LogP contribution in [0.15, 0.2) is 71.6 Å². The van der Waals surface area contributed by atoms with Gasteiger partial charge in [0.15, 0.2) is 6.61 Å². The number of aryl methyl sites for hydroxylation is 3. The van der Waals surface area contributed by atoms with Gasteiger partial charge in [0.1, 0.15) is 5.75 Å². The summed E-state index contributed by atoms with van der Waals surface area (Å²) in [5, 5.41) is 3.05. The van der Waals surface area contributed by atoms with Gasteiger partial charge in [0.2, 0.25) is 0 Å². The van der Waals surface area contributed by atoms with Gasteiger partial charge >= 0.3 is 0 Å². The van der Waals surface area contributed by atoms with Crippen LogP contribution in [0, 0.1) is 13.8 Å². The van der Waals surface area contributed by atoms with Gasteiger partial charge in [-0.2, -0.15) is 0 Å². The molecule has 33 heavy (non-hydrogen) atoms. The van der Waals surface area contributed by atoms with E-state index in [4.69, 9.17) is 4.74 Å². The molecular formula is C26H28N2O4S. The van der Waals surface area contributed by atoms with E-state index in [1.165, 1.54) is 23.3 Å². The summed E-state index contributed by atoms with van der Waals surface area (Å²) < 4.78 is 33.5. The van der Waals surface area contributed by atoms with E-state index < -0.39 is 10.0 Å². The van der Waals surface area contributed by atoms with Crippen LogP contribution in [0.3, 0.4) is 0 Å². The van der Waals surface area contributed by atoms with Gasteiger partial charge in [-0.15, -0.1) is 0 Å². The Morgan fingerprint density at radius 3 is 2.52 bits per heavy atom. The molecule has 1 amide bonds. The molecule has 3 aromatic rings. The van der Waals surface area contributed by atoms with Gasteiger partial charge < -0.3 is 10.1 Å². The van der Waals surface area contributed by atoms with E-state index in [1.54, 1.807) is 24.3 Å². The summed E-state index contributed by atoms with van der Waals surface area (Å²) in [6.07, 6.45) is 2.98. The highest BCUT2D eigenvalue weighted by atomic mass is 32.2. The lowest BCUT2D eigenvalue weighted by Crippen LogP contribution is -2.34. The Kier molecular flexibility index (Phi) is 6.70. The number of benzene rings is 3. The molecule has 1 aliphatic rings. The zero-order chi connectivity index (χ0) is 23.4. The Balaban J connectivity index is 1.34. The van der Waals surface area contributed by atoms with Crippen LogP contribution < -0.4 is 14.8 Å². The maximum Gasteiger partial charge on any atom is 0.261 e. The molecule has 7 heteroatoms. The number of amides is 1. The predicted octanol–water partition coefficient (Wildman–Crippen LogP) is 4.68. The van der Waals surface area contributed by atoms with E-state index in [0.717, 1.165) is 30.4 Å². The molecule has 6 nitrogen and oxygen atoms in total. The van der Waals surface area contributed by atoms with Crippen molar-refractivity contribution in [2.24, 2.45) is 0 Å². The molecule has 2 N–H and O–H groups in total. The van der Waals surface area contributed by atoms with E-state index in [9.17, 15) is 13.2 Å². The molecule has 0 bridgehead atoms. The van der Waals surface area contributed by atoms with Crippen molar-refractivity contribution in [3.05, 3.63) is 89.0 Å². The normalized spacial score (nSPS) is 15.4. The van der Waals surface area contributed by atoms with Crippen LogP contribution in [0.1, 0.15) is 41.1 Å². The Hall–Kier alpha value is -3.32. The van der Waals surface area contributed by atoms with Crippen molar-refractivity contribution in [3.63, 3.8) is 0 Å². The zero-order valence-corrected chi connectivity index (χ0v) is 19.6. The number of hydrogen-bond donors (Lipinski definition) is 2. The van der Waals surface area contributed by atoms with E-state index in [-0.39, 0.29) is 23.5 Å². The third kappa shape index (κ3) is 5.54. The molecule has 0 saturated carbocycles. The number of nitrogens with one attached hydrogen (secondary N) is 2. The van der Waals surface area contributed by atoms with Gasteiger partial charge in [0.05, 0.1) is 10.9 Å². The van der Waals surface area contributed by atoms with Gasteiger partial charge in [-0.25, -0.2) is 8.42 Å². The van der Waals surface area contributed by atoms with Crippen LogP contribution in [0.25, 0.3) is 0 Å². The third-order valence-corrected chi connectivity index (χ3v) is 7.36. The van der Waals surface area contributed by atoms with E-state index in [1.807, 2.05) is 32.0 Å². The summed E-state index contributed by atoms with van der Waals surface area (Å²) in [4.78, 5) is 12.6. The fourth-order valence-corrected chi connectivity index (χ4v) is 5.07. The SMILES string of the molecule is Cc1ccc(NS(=O)(=O)c2ccc(OCC(=O)N[C@H]3CCCc4ccccc43)cc2)cc1C. The van der Waals surface area contributed by atoms with Gasteiger partial charge in [0, 0.05) is 5.69 Å². The second kappa shape index (κ2) is 9.67. The first-order valence-corrected chi connectivity index (χ1v) is 12.5. The highest BCUT2D eigenvalue weighted by Crippen LogP contribution is 2.29. The average molecular weight is 465 g/mol. The lowest BCUT2D eigenvalue weighted by Gasteiger charge is -2.26. The second-order valence-corrected chi connectivity index (χ2v) is 10.1. The Bertz CT molecular complexity index is 1250. The molecule has 0 aromatic heterocycles. The monoisotopic (exact) mass is 464 g/mol. The largest absolute Gasteiger partial charge is 0.484 e. The van der Waals surface area contributed by atoms with Gasteiger partial charge in [0.25, 0.3) is 15.9 Å². The number of carbonyl (C=O) groups excluding carboxylic acids is 1. The van der Waals surface area contributed by atoms with Crippen molar-refractivity contribution in [2.75, 3.05) is 11.3 Å². The van der Waals surface area contributed by atoms with E-state index >= 15 is 0 Å². The molecule has 0 heterocycles. The first-order valence-electron chi connectivity index (χ1n) is 11.0. The average Bonchev–Trinajstić information content (AvgIpc) is 2.80. The van der Waals surface area contributed by atoms with Crippen molar-refractivity contribution < 1.29 is 17.9 Å². The van der Waals surface area contributed by atoms with E-state index in [0.29, 0.717) is 11.4 Å². The van der Waals surface area contributed by atoms with Crippen LogP contribution in [0.2, 0.25) is 0 Å². The summed E-state index contributed by atoms with van der Waals surface area (Å²) in [6.45, 7) is 3.77. The van der Waals surface area contributed by atoms with Gasteiger partial charge in [-0.05, 0) is 91.8 Å². The molecule has 3 aromatic carbocycles. The lowest BCUT2D eigenvalue weighted by molar-refractivity contribution is -0.124. The molecule has 0 radical (unpaired) electrons. The number of fused-ring (bicyclic) bond motifs is 1. The molecule has 0 spiro atoms. The summed E-state index contributed by atoms with van der Waals surface area (Å²) in [5.41, 5.74) is 5.06. The number of ether oxygens (including phenoxy) is 1. The lowest BCUT2D eigenvalue weighted by atomic mass is 9.88. The van der Waals surface area contributed by atoms with Crippen molar-refractivity contribution in [1.29, 1.82) is 0 Å². The number of anilines is 1. The summed E-state index contributed by atoms with van der Waals surface area (Å²) in [6, 6.07) is 19.6.